The molecule has 2 nitrogen and oxygen atoms in total. The number of hydrogen-bond acceptors (Lipinski definition) is 1. The fourth-order valence-electron chi connectivity index (χ4n) is 7.36. The number of hydrogen-bond donors (Lipinski definition) is 0. The van der Waals surface area contributed by atoms with Gasteiger partial charge in [-0.2, -0.15) is 4.58 Å². The van der Waals surface area contributed by atoms with E-state index in [1.807, 2.05) is 0 Å². The van der Waals surface area contributed by atoms with E-state index < -0.39 is 0 Å². The van der Waals surface area contributed by atoms with Gasteiger partial charge in [0, 0.05) is 47.5 Å². The number of rotatable bonds is 7. The molecule has 0 atom stereocenters. The first kappa shape index (κ1) is 27.3. The van der Waals surface area contributed by atoms with Gasteiger partial charge in [0.1, 0.15) is 6.54 Å². The summed E-state index contributed by atoms with van der Waals surface area (Å²) in [6.07, 6.45) is 13.6. The maximum Gasteiger partial charge on any atom is 0.210 e. The second kappa shape index (κ2) is 10.5. The first-order chi connectivity index (χ1) is 19.8. The summed E-state index contributed by atoms with van der Waals surface area (Å²) in [7, 11) is 0. The van der Waals surface area contributed by atoms with Crippen LogP contribution in [0.5, 0.6) is 0 Å². The Morgan fingerprint density at radius 2 is 1.34 bits per heavy atom. The van der Waals surface area contributed by atoms with Crippen LogP contribution in [0.4, 0.5) is 11.4 Å². The lowest BCUT2D eigenvalue weighted by atomic mass is 9.79. The maximum atomic E-state index is 2.54. The Labute approximate surface area is 246 Å². The summed E-state index contributed by atoms with van der Waals surface area (Å²) in [5.74, 6) is 0. The topological polar surface area (TPSA) is 6.25 Å². The molecule has 0 bridgehead atoms. The highest BCUT2D eigenvalue weighted by Gasteiger charge is 2.45. The quantitative estimate of drug-likeness (QED) is 0.167. The van der Waals surface area contributed by atoms with Crippen LogP contribution in [0.2, 0.25) is 0 Å². The maximum absolute atomic E-state index is 2.54. The Bertz CT molecular complexity index is 1760. The van der Waals surface area contributed by atoms with Crippen LogP contribution in [-0.2, 0) is 10.8 Å². The van der Waals surface area contributed by atoms with Crippen molar-refractivity contribution in [3.8, 4) is 0 Å². The van der Waals surface area contributed by atoms with E-state index in [9.17, 15) is 0 Å². The minimum Gasteiger partial charge on any atom is -0.344 e. The molecule has 0 amide bonds. The van der Waals surface area contributed by atoms with Crippen LogP contribution in [0.3, 0.4) is 0 Å². The van der Waals surface area contributed by atoms with Gasteiger partial charge in [0.05, 0.1) is 5.41 Å². The van der Waals surface area contributed by atoms with E-state index in [0.717, 1.165) is 25.9 Å². The van der Waals surface area contributed by atoms with Gasteiger partial charge in [0.15, 0.2) is 5.71 Å². The summed E-state index contributed by atoms with van der Waals surface area (Å²) in [5.41, 5.74) is 8.21. The summed E-state index contributed by atoms with van der Waals surface area (Å²) in [4.78, 5) is 2.54. The predicted octanol–water partition coefficient (Wildman–Crippen LogP) is 9.98. The lowest BCUT2D eigenvalue weighted by Crippen LogP contribution is -2.28. The van der Waals surface area contributed by atoms with E-state index in [0.29, 0.717) is 0 Å². The van der Waals surface area contributed by atoms with Gasteiger partial charge < -0.3 is 4.90 Å². The van der Waals surface area contributed by atoms with Gasteiger partial charge in [0.2, 0.25) is 5.69 Å². The van der Waals surface area contributed by atoms with Gasteiger partial charge in [-0.05, 0) is 65.6 Å². The van der Waals surface area contributed by atoms with Crippen molar-refractivity contribution in [1.82, 2.24) is 0 Å². The molecule has 6 rings (SSSR count). The second-order valence-corrected chi connectivity index (χ2v) is 12.6. The Balaban J connectivity index is 1.35. The number of anilines is 1. The van der Waals surface area contributed by atoms with E-state index in [1.54, 1.807) is 0 Å². The predicted molar refractivity (Wildman–Crippen MR) is 178 cm³/mol. The highest BCUT2D eigenvalue weighted by Crippen LogP contribution is 2.50. The zero-order valence-corrected chi connectivity index (χ0v) is 25.5. The molecule has 2 aliphatic heterocycles. The molecule has 0 unspecified atom stereocenters. The Hall–Kier alpha value is -3.91. The molecular weight excluding hydrogens is 496 g/mol. The van der Waals surface area contributed by atoms with Crippen molar-refractivity contribution in [2.75, 3.05) is 18.0 Å². The molecule has 0 fully saturated rings. The standard InChI is InChI=1S/C39H43N2/c1-7-26-40-32-24-22-28-16-12-14-18-30(28)36(32)38(3,4)34(40)20-10-9-11-21-35-39(5,6)37-31-19-15-13-17-29(31)23-25-33(37)41(35)27-8-2/h9-25H,7-8,26-27H2,1-6H3/q+1. The van der Waals surface area contributed by atoms with Crippen LogP contribution in [0.25, 0.3) is 21.5 Å². The number of allylic oxidation sites excluding steroid dienone is 6. The third-order valence-corrected chi connectivity index (χ3v) is 9.13. The van der Waals surface area contributed by atoms with Crippen molar-refractivity contribution < 1.29 is 4.58 Å². The summed E-state index contributed by atoms with van der Waals surface area (Å²) in [6, 6.07) is 26.8. The van der Waals surface area contributed by atoms with Crippen LogP contribution in [0.1, 0.15) is 65.5 Å². The van der Waals surface area contributed by atoms with Crippen molar-refractivity contribution in [2.45, 2.75) is 65.2 Å². The summed E-state index contributed by atoms with van der Waals surface area (Å²) in [5, 5.41) is 5.37. The highest BCUT2D eigenvalue weighted by atomic mass is 15.2. The van der Waals surface area contributed by atoms with E-state index >= 15 is 0 Å². The molecule has 0 saturated heterocycles. The molecule has 2 aliphatic rings. The molecule has 4 aromatic rings. The zero-order chi connectivity index (χ0) is 28.8. The molecule has 208 valence electrons. The largest absolute Gasteiger partial charge is 0.344 e. The van der Waals surface area contributed by atoms with Crippen molar-refractivity contribution in [3.05, 3.63) is 120 Å². The smallest absolute Gasteiger partial charge is 0.210 e. The first-order valence-corrected chi connectivity index (χ1v) is 15.3. The lowest BCUT2D eigenvalue weighted by molar-refractivity contribution is -0.437. The molecule has 0 spiro atoms. The third-order valence-electron chi connectivity index (χ3n) is 9.13. The van der Waals surface area contributed by atoms with Crippen molar-refractivity contribution in [3.63, 3.8) is 0 Å². The van der Waals surface area contributed by atoms with Crippen LogP contribution < -0.4 is 4.90 Å². The summed E-state index contributed by atoms with van der Waals surface area (Å²) >= 11 is 0. The van der Waals surface area contributed by atoms with Crippen LogP contribution in [0.15, 0.2) is 109 Å². The number of benzene rings is 4. The van der Waals surface area contributed by atoms with Gasteiger partial charge in [-0.3, -0.25) is 0 Å². The molecular formula is C39H43N2+. The van der Waals surface area contributed by atoms with Gasteiger partial charge in [0.25, 0.3) is 0 Å². The number of fused-ring (bicyclic) bond motifs is 6. The fourth-order valence-corrected chi connectivity index (χ4v) is 7.36. The van der Waals surface area contributed by atoms with Gasteiger partial charge in [-0.25, -0.2) is 0 Å². The van der Waals surface area contributed by atoms with Crippen molar-refractivity contribution in [1.29, 1.82) is 0 Å². The fraction of sp³-hybridized carbons (Fsp3) is 0.308. The summed E-state index contributed by atoms with van der Waals surface area (Å²) < 4.78 is 2.54. The lowest BCUT2D eigenvalue weighted by Gasteiger charge is -2.26. The minimum atomic E-state index is -0.0672. The Morgan fingerprint density at radius 3 is 2.02 bits per heavy atom. The molecule has 41 heavy (non-hydrogen) atoms. The van der Waals surface area contributed by atoms with Crippen molar-refractivity contribution in [2.24, 2.45) is 0 Å². The molecule has 4 aromatic carbocycles. The molecule has 2 heteroatoms. The van der Waals surface area contributed by atoms with E-state index in [4.69, 9.17) is 0 Å². The zero-order valence-electron chi connectivity index (χ0n) is 25.5. The van der Waals surface area contributed by atoms with Gasteiger partial charge in [-0.15, -0.1) is 0 Å². The number of nitrogens with zero attached hydrogens (tertiary/aromatic N) is 2. The van der Waals surface area contributed by atoms with Crippen LogP contribution in [0, 0.1) is 0 Å². The molecule has 0 radical (unpaired) electrons. The van der Waals surface area contributed by atoms with Crippen molar-refractivity contribution >= 4 is 38.6 Å². The van der Waals surface area contributed by atoms with E-state index in [2.05, 4.69) is 154 Å². The molecule has 0 saturated carbocycles. The van der Waals surface area contributed by atoms with Crippen LogP contribution in [-0.4, -0.2) is 23.4 Å². The molecule has 0 N–H and O–H groups in total. The average molecular weight is 540 g/mol. The summed E-state index contributed by atoms with van der Waals surface area (Å²) in [6.45, 7) is 16.1. The minimum absolute atomic E-state index is 0.0672. The third kappa shape index (κ3) is 4.36. The Morgan fingerprint density at radius 1 is 0.683 bits per heavy atom. The molecule has 0 aromatic heterocycles. The second-order valence-electron chi connectivity index (χ2n) is 12.6. The normalized spacial score (nSPS) is 18.5. The monoisotopic (exact) mass is 539 g/mol. The SMILES string of the molecule is CCCN1/C(=C/C=C/C=C/C2=[N+](CCC)c3ccc4ccccc4c3C2(C)C)C(C)(C)c2c1ccc1ccccc21. The van der Waals surface area contributed by atoms with Gasteiger partial charge >= 0.3 is 0 Å². The van der Waals surface area contributed by atoms with Crippen LogP contribution >= 0.6 is 0 Å². The van der Waals surface area contributed by atoms with E-state index in [-0.39, 0.29) is 10.8 Å². The van der Waals surface area contributed by atoms with Gasteiger partial charge in [-0.1, -0.05) is 101 Å². The highest BCUT2D eigenvalue weighted by molar-refractivity contribution is 6.07. The average Bonchev–Trinajstić information content (AvgIpc) is 3.32. The first-order valence-electron chi connectivity index (χ1n) is 15.3. The Kier molecular flexibility index (Phi) is 6.98. The van der Waals surface area contributed by atoms with E-state index in [1.165, 1.54) is 55.5 Å². The molecule has 2 heterocycles. The molecule has 0 aliphatic carbocycles.